The van der Waals surface area contributed by atoms with Gasteiger partial charge in [0.2, 0.25) is 5.95 Å². The molecule has 1 atom stereocenters. The van der Waals surface area contributed by atoms with Crippen molar-refractivity contribution in [2.45, 2.75) is 59.0 Å². The standard InChI is InChI=1S/C31H53N5O6/c1-5-6-28(9-11-37)34-30-29(25(3)33-31(32)35-30)22-27-8-7-26(21-24(27)2)23-36(4)10-13-39-15-17-41-19-20-42-18-16-40-14-12-38/h7-8,21,28,37-38H,5-6,9-20,22-23H2,1-4H3,(H3,32,33,34,35)/t28-/m0/s1. The van der Waals surface area contributed by atoms with Crippen LogP contribution in [-0.4, -0.2) is 111 Å². The molecule has 2 rings (SSSR count). The third kappa shape index (κ3) is 14.2. The quantitative estimate of drug-likeness (QED) is 0.134. The van der Waals surface area contributed by atoms with Gasteiger partial charge in [-0.25, -0.2) is 4.98 Å². The maximum atomic E-state index is 9.49. The first kappa shape index (κ1) is 35.8. The van der Waals surface area contributed by atoms with Gasteiger partial charge in [0.05, 0.1) is 59.5 Å². The smallest absolute Gasteiger partial charge is 0.222 e. The number of nitrogens with zero attached hydrogens (tertiary/aromatic N) is 3. The van der Waals surface area contributed by atoms with Gasteiger partial charge in [-0.15, -0.1) is 0 Å². The van der Waals surface area contributed by atoms with Gasteiger partial charge in [0, 0.05) is 43.4 Å². The molecule has 0 aliphatic carbocycles. The normalized spacial score (nSPS) is 12.3. The Balaban J connectivity index is 1.77. The van der Waals surface area contributed by atoms with Crippen molar-refractivity contribution in [3.8, 4) is 0 Å². The van der Waals surface area contributed by atoms with Crippen LogP contribution in [0.2, 0.25) is 0 Å². The predicted octanol–water partition coefficient (Wildman–Crippen LogP) is 2.72. The van der Waals surface area contributed by atoms with E-state index in [9.17, 15) is 5.11 Å². The lowest BCUT2D eigenvalue weighted by Crippen LogP contribution is -2.24. The fraction of sp³-hybridized carbons (Fsp3) is 0.677. The monoisotopic (exact) mass is 591 g/mol. The fourth-order valence-corrected chi connectivity index (χ4v) is 4.62. The Morgan fingerprint density at radius 2 is 1.52 bits per heavy atom. The highest BCUT2D eigenvalue weighted by Crippen LogP contribution is 2.25. The Labute approximate surface area is 251 Å². The topological polar surface area (TPSA) is 144 Å². The lowest BCUT2D eigenvalue weighted by molar-refractivity contribution is -0.00687. The zero-order chi connectivity index (χ0) is 30.6. The number of aliphatic hydroxyl groups is 2. The Bertz CT molecular complexity index is 1010. The summed E-state index contributed by atoms with van der Waals surface area (Å²) in [5.41, 5.74) is 11.6. The number of likely N-dealkylation sites (N-methyl/N-ethyl adjacent to an activating group) is 1. The lowest BCUT2D eigenvalue weighted by Gasteiger charge is -2.21. The minimum absolute atomic E-state index is 0.0284. The summed E-state index contributed by atoms with van der Waals surface area (Å²) in [6.45, 7) is 12.1. The summed E-state index contributed by atoms with van der Waals surface area (Å²) in [5, 5.41) is 21.7. The van der Waals surface area contributed by atoms with Gasteiger partial charge in [-0.3, -0.25) is 4.90 Å². The van der Waals surface area contributed by atoms with E-state index in [0.29, 0.717) is 65.7 Å². The van der Waals surface area contributed by atoms with Crippen molar-refractivity contribution in [1.29, 1.82) is 0 Å². The largest absolute Gasteiger partial charge is 0.396 e. The van der Waals surface area contributed by atoms with Gasteiger partial charge in [0.25, 0.3) is 0 Å². The van der Waals surface area contributed by atoms with Gasteiger partial charge in [0.15, 0.2) is 0 Å². The Morgan fingerprint density at radius 1 is 0.881 bits per heavy atom. The number of nitrogen functional groups attached to an aromatic ring is 1. The summed E-state index contributed by atoms with van der Waals surface area (Å²) < 4.78 is 21.7. The molecule has 0 unspecified atom stereocenters. The van der Waals surface area contributed by atoms with Crippen LogP contribution in [0.3, 0.4) is 0 Å². The third-order valence-electron chi connectivity index (χ3n) is 6.88. The number of hydrogen-bond donors (Lipinski definition) is 4. The van der Waals surface area contributed by atoms with Gasteiger partial charge >= 0.3 is 0 Å². The first-order chi connectivity index (χ1) is 20.4. The van der Waals surface area contributed by atoms with Gasteiger partial charge in [0.1, 0.15) is 5.82 Å². The summed E-state index contributed by atoms with van der Waals surface area (Å²) in [7, 11) is 2.09. The molecule has 1 heterocycles. The number of aliphatic hydroxyl groups excluding tert-OH is 2. The van der Waals surface area contributed by atoms with E-state index < -0.39 is 0 Å². The molecule has 0 radical (unpaired) electrons. The molecular weight excluding hydrogens is 538 g/mol. The van der Waals surface area contributed by atoms with Crippen molar-refractivity contribution in [2.24, 2.45) is 0 Å². The summed E-state index contributed by atoms with van der Waals surface area (Å²) in [5.74, 6) is 1.02. The number of benzene rings is 1. The van der Waals surface area contributed by atoms with E-state index in [2.05, 4.69) is 59.3 Å². The summed E-state index contributed by atoms with van der Waals surface area (Å²) in [4.78, 5) is 11.2. The van der Waals surface area contributed by atoms with Gasteiger partial charge < -0.3 is 40.2 Å². The molecular formula is C31H53N5O6. The van der Waals surface area contributed by atoms with Crippen LogP contribution in [0.25, 0.3) is 0 Å². The first-order valence-corrected chi connectivity index (χ1v) is 15.1. The number of anilines is 2. The number of ether oxygens (including phenoxy) is 4. The zero-order valence-electron chi connectivity index (χ0n) is 26.1. The van der Waals surface area contributed by atoms with Crippen LogP contribution in [0.15, 0.2) is 18.2 Å². The summed E-state index contributed by atoms with van der Waals surface area (Å²) in [6, 6.07) is 6.75. The van der Waals surface area contributed by atoms with E-state index >= 15 is 0 Å². The van der Waals surface area contributed by atoms with Crippen LogP contribution < -0.4 is 11.1 Å². The molecule has 11 heteroatoms. The number of nitrogens with two attached hydrogens (primary N) is 1. The average Bonchev–Trinajstić information content (AvgIpc) is 2.94. The van der Waals surface area contributed by atoms with Gasteiger partial charge in [-0.05, 0) is 50.4 Å². The molecule has 11 nitrogen and oxygen atoms in total. The van der Waals surface area contributed by atoms with E-state index in [0.717, 1.165) is 43.0 Å². The molecule has 0 saturated carbocycles. The van der Waals surface area contributed by atoms with Crippen LogP contribution >= 0.6 is 0 Å². The van der Waals surface area contributed by atoms with Gasteiger partial charge in [-0.1, -0.05) is 31.5 Å². The number of rotatable bonds is 24. The molecule has 2 aromatic rings. The molecule has 0 fully saturated rings. The number of hydrogen-bond acceptors (Lipinski definition) is 11. The molecule has 0 saturated heterocycles. The van der Waals surface area contributed by atoms with Crippen molar-refractivity contribution in [1.82, 2.24) is 14.9 Å². The lowest BCUT2D eigenvalue weighted by atomic mass is 9.97. The van der Waals surface area contributed by atoms with E-state index in [1.54, 1.807) is 0 Å². The minimum Gasteiger partial charge on any atom is -0.396 e. The molecule has 1 aromatic heterocycles. The maximum absolute atomic E-state index is 9.49. The van der Waals surface area contributed by atoms with Crippen molar-refractivity contribution >= 4 is 11.8 Å². The van der Waals surface area contributed by atoms with E-state index in [-0.39, 0.29) is 25.2 Å². The molecule has 0 amide bonds. The third-order valence-corrected chi connectivity index (χ3v) is 6.88. The zero-order valence-corrected chi connectivity index (χ0v) is 26.1. The van der Waals surface area contributed by atoms with Crippen LogP contribution in [0, 0.1) is 13.8 Å². The van der Waals surface area contributed by atoms with Crippen LogP contribution in [0.4, 0.5) is 11.8 Å². The second-order valence-corrected chi connectivity index (χ2v) is 10.5. The van der Waals surface area contributed by atoms with Gasteiger partial charge in [-0.2, -0.15) is 4.98 Å². The Kier molecular flexibility index (Phi) is 18.2. The Morgan fingerprint density at radius 3 is 2.12 bits per heavy atom. The molecule has 0 aliphatic rings. The van der Waals surface area contributed by atoms with Crippen LogP contribution in [-0.2, 0) is 31.9 Å². The van der Waals surface area contributed by atoms with Crippen LogP contribution in [0.1, 0.15) is 54.1 Å². The Hall–Kier alpha value is -2.38. The second-order valence-electron chi connectivity index (χ2n) is 10.5. The molecule has 0 spiro atoms. The molecule has 42 heavy (non-hydrogen) atoms. The number of aryl methyl sites for hydroxylation is 2. The number of nitrogens with one attached hydrogen (secondary N) is 1. The highest BCUT2D eigenvalue weighted by molar-refractivity contribution is 5.53. The average molecular weight is 592 g/mol. The van der Waals surface area contributed by atoms with Crippen molar-refractivity contribution in [3.05, 3.63) is 46.1 Å². The second kappa shape index (κ2) is 21.3. The molecule has 5 N–H and O–H groups in total. The molecule has 1 aromatic carbocycles. The maximum Gasteiger partial charge on any atom is 0.222 e. The minimum atomic E-state index is 0.0284. The van der Waals surface area contributed by atoms with Crippen molar-refractivity contribution in [2.75, 3.05) is 90.7 Å². The summed E-state index contributed by atoms with van der Waals surface area (Å²) in [6.07, 6.45) is 3.33. The SMILES string of the molecule is CCC[C@@H](CCO)Nc1nc(N)nc(C)c1Cc1ccc(CN(C)CCOCCOCCOCCOCCO)cc1C. The fourth-order valence-electron chi connectivity index (χ4n) is 4.62. The highest BCUT2D eigenvalue weighted by Gasteiger charge is 2.16. The van der Waals surface area contributed by atoms with Crippen molar-refractivity contribution < 1.29 is 29.2 Å². The van der Waals surface area contributed by atoms with Crippen LogP contribution in [0.5, 0.6) is 0 Å². The van der Waals surface area contributed by atoms with Crippen molar-refractivity contribution in [3.63, 3.8) is 0 Å². The predicted molar refractivity (Wildman–Crippen MR) is 166 cm³/mol. The van der Waals surface area contributed by atoms with E-state index in [1.165, 1.54) is 16.7 Å². The molecule has 238 valence electrons. The molecule has 0 bridgehead atoms. The summed E-state index contributed by atoms with van der Waals surface area (Å²) >= 11 is 0. The molecule has 0 aliphatic heterocycles. The number of aromatic nitrogens is 2. The van der Waals surface area contributed by atoms with E-state index in [1.807, 2.05) is 6.92 Å². The highest BCUT2D eigenvalue weighted by atomic mass is 16.6. The first-order valence-electron chi connectivity index (χ1n) is 15.1. The van der Waals surface area contributed by atoms with E-state index in [4.69, 9.17) is 29.8 Å².